The van der Waals surface area contributed by atoms with Gasteiger partial charge in [-0.25, -0.2) is 4.79 Å². The van der Waals surface area contributed by atoms with E-state index >= 15 is 0 Å². The topological polar surface area (TPSA) is 70.4 Å². The minimum atomic E-state index is -0.972. The quantitative estimate of drug-likeness (QED) is 0.707. The number of nitrogens with one attached hydrogen (secondary N) is 1. The van der Waals surface area contributed by atoms with Crippen LogP contribution in [0.25, 0.3) is 0 Å². The molecule has 2 N–H and O–H groups in total. The maximum absolute atomic E-state index is 11.3. The summed E-state index contributed by atoms with van der Waals surface area (Å²) in [5.41, 5.74) is 3.43. The number of carbonyl (C=O) groups is 1. The molecule has 1 saturated heterocycles. The first-order valence-electron chi connectivity index (χ1n) is 10.7. The molecular weight excluding hydrogens is 364 g/mol. The van der Waals surface area contributed by atoms with Crippen LogP contribution in [0.4, 0.5) is 4.79 Å². The summed E-state index contributed by atoms with van der Waals surface area (Å²) in [5, 5.41) is 16.7. The number of likely N-dealkylation sites (tertiary alicyclic amines) is 1. The predicted molar refractivity (Wildman–Crippen MR) is 115 cm³/mol. The molecule has 2 atom stereocenters. The van der Waals surface area contributed by atoms with Crippen LogP contribution in [-0.2, 0) is 0 Å². The molecule has 1 aliphatic heterocycles. The van der Waals surface area contributed by atoms with Crippen LogP contribution >= 0.6 is 0 Å². The second-order valence-corrected chi connectivity index (χ2v) is 8.57. The van der Waals surface area contributed by atoms with Gasteiger partial charge in [-0.05, 0) is 50.7 Å². The predicted octanol–water partition coefficient (Wildman–Crippen LogP) is 4.74. The number of aromatic nitrogens is 2. The third-order valence-corrected chi connectivity index (χ3v) is 6.02. The molecule has 1 amide bonds. The van der Waals surface area contributed by atoms with Crippen molar-refractivity contribution < 1.29 is 9.90 Å². The molecule has 158 valence electrons. The van der Waals surface area contributed by atoms with Gasteiger partial charge in [0.25, 0.3) is 0 Å². The van der Waals surface area contributed by atoms with Gasteiger partial charge in [0.1, 0.15) is 0 Å². The number of hydrogen-bond acceptors (Lipinski definition) is 3. The van der Waals surface area contributed by atoms with E-state index in [1.165, 1.54) is 5.69 Å². The van der Waals surface area contributed by atoms with E-state index in [0.717, 1.165) is 43.6 Å². The third kappa shape index (κ3) is 5.38. The molecule has 1 aromatic heterocycles. The zero-order valence-corrected chi connectivity index (χ0v) is 18.0. The Morgan fingerprint density at radius 1 is 1.21 bits per heavy atom. The largest absolute Gasteiger partial charge is 0.465 e. The van der Waals surface area contributed by atoms with E-state index in [9.17, 15) is 9.90 Å². The van der Waals surface area contributed by atoms with Crippen molar-refractivity contribution in [3.05, 3.63) is 53.3 Å². The van der Waals surface area contributed by atoms with E-state index in [1.807, 2.05) is 30.3 Å². The molecule has 2 aromatic rings. The Morgan fingerprint density at radius 3 is 2.45 bits per heavy atom. The van der Waals surface area contributed by atoms with Crippen LogP contribution in [0, 0.1) is 6.92 Å². The van der Waals surface area contributed by atoms with Crippen molar-refractivity contribution >= 4 is 6.09 Å². The molecule has 29 heavy (non-hydrogen) atoms. The van der Waals surface area contributed by atoms with E-state index < -0.39 is 6.09 Å². The zero-order valence-electron chi connectivity index (χ0n) is 18.0. The van der Waals surface area contributed by atoms with Crippen LogP contribution in [0.3, 0.4) is 0 Å². The SMILES string of the molecule is Cc1cc(C(C)C)n(C2CCN(C(C)C[C@H](NC(=O)O)c3ccccc3)CC2)n1. The molecule has 6 nitrogen and oxygen atoms in total. The summed E-state index contributed by atoms with van der Waals surface area (Å²) in [5.74, 6) is 0.474. The molecule has 0 saturated carbocycles. The van der Waals surface area contributed by atoms with E-state index in [0.29, 0.717) is 18.0 Å². The van der Waals surface area contributed by atoms with Crippen molar-refractivity contribution in [3.63, 3.8) is 0 Å². The van der Waals surface area contributed by atoms with Crippen molar-refractivity contribution in [2.45, 2.75) is 71.0 Å². The van der Waals surface area contributed by atoms with E-state index in [4.69, 9.17) is 5.10 Å². The summed E-state index contributed by atoms with van der Waals surface area (Å²) in [4.78, 5) is 13.8. The zero-order chi connectivity index (χ0) is 21.0. The van der Waals surface area contributed by atoms with Gasteiger partial charge in [-0.3, -0.25) is 4.68 Å². The smallest absolute Gasteiger partial charge is 0.405 e. The molecule has 0 spiro atoms. The van der Waals surface area contributed by atoms with E-state index in [1.54, 1.807) is 0 Å². The van der Waals surface area contributed by atoms with Crippen molar-refractivity contribution in [1.29, 1.82) is 0 Å². The fourth-order valence-corrected chi connectivity index (χ4v) is 4.43. The minimum Gasteiger partial charge on any atom is -0.465 e. The Balaban J connectivity index is 1.62. The normalized spacial score (nSPS) is 18.0. The lowest BCUT2D eigenvalue weighted by molar-refractivity contribution is 0.123. The number of piperidine rings is 1. The number of aryl methyl sites for hydroxylation is 1. The first-order chi connectivity index (χ1) is 13.8. The highest BCUT2D eigenvalue weighted by Crippen LogP contribution is 2.29. The van der Waals surface area contributed by atoms with Gasteiger partial charge < -0.3 is 15.3 Å². The summed E-state index contributed by atoms with van der Waals surface area (Å²) in [6, 6.07) is 12.6. The van der Waals surface area contributed by atoms with Crippen LogP contribution in [0.15, 0.2) is 36.4 Å². The van der Waals surface area contributed by atoms with Crippen LogP contribution in [-0.4, -0.2) is 45.0 Å². The van der Waals surface area contributed by atoms with Crippen molar-refractivity contribution in [3.8, 4) is 0 Å². The minimum absolute atomic E-state index is 0.192. The van der Waals surface area contributed by atoms with Crippen LogP contribution in [0.1, 0.15) is 75.0 Å². The fourth-order valence-electron chi connectivity index (χ4n) is 4.43. The van der Waals surface area contributed by atoms with Gasteiger partial charge in [0.05, 0.1) is 17.8 Å². The summed E-state index contributed by atoms with van der Waals surface area (Å²) in [6.45, 7) is 10.7. The molecule has 1 fully saturated rings. The van der Waals surface area contributed by atoms with E-state index in [2.05, 4.69) is 48.7 Å². The average Bonchev–Trinajstić information content (AvgIpc) is 3.10. The van der Waals surface area contributed by atoms with Gasteiger partial charge in [0.2, 0.25) is 0 Å². The molecule has 1 unspecified atom stereocenters. The highest BCUT2D eigenvalue weighted by Gasteiger charge is 2.28. The van der Waals surface area contributed by atoms with E-state index in [-0.39, 0.29) is 6.04 Å². The van der Waals surface area contributed by atoms with Crippen LogP contribution in [0.5, 0.6) is 0 Å². The Hall–Kier alpha value is -2.34. The Bertz CT molecular complexity index is 794. The molecule has 1 aliphatic rings. The van der Waals surface area contributed by atoms with Gasteiger partial charge in [-0.15, -0.1) is 0 Å². The first kappa shape index (κ1) is 21.4. The molecule has 6 heteroatoms. The number of amides is 1. The van der Waals surface area contributed by atoms with Gasteiger partial charge in [0, 0.05) is 24.8 Å². The second-order valence-electron chi connectivity index (χ2n) is 8.57. The monoisotopic (exact) mass is 398 g/mol. The number of carboxylic acid groups (broad SMARTS) is 1. The second kappa shape index (κ2) is 9.44. The van der Waals surface area contributed by atoms with Gasteiger partial charge in [-0.1, -0.05) is 44.2 Å². The van der Waals surface area contributed by atoms with Crippen LogP contribution in [0.2, 0.25) is 0 Å². The highest BCUT2D eigenvalue weighted by molar-refractivity contribution is 5.65. The number of rotatable bonds is 7. The van der Waals surface area contributed by atoms with Gasteiger partial charge in [-0.2, -0.15) is 5.10 Å². The van der Waals surface area contributed by atoms with Crippen LogP contribution < -0.4 is 5.32 Å². The fraction of sp³-hybridized carbons (Fsp3) is 0.565. The summed E-state index contributed by atoms with van der Waals surface area (Å²) in [6.07, 6.45) is 1.94. The molecule has 1 aromatic carbocycles. The maximum atomic E-state index is 11.3. The lowest BCUT2D eigenvalue weighted by atomic mass is 9.96. The standard InChI is InChI=1S/C23H34N4O2/c1-16(2)22-14-17(3)25-27(22)20-10-12-26(13-11-20)18(4)15-21(24-23(28)29)19-8-6-5-7-9-19/h5-9,14,16,18,20-21,24H,10-13,15H2,1-4H3,(H,28,29)/t18?,21-/m0/s1. The third-order valence-electron chi connectivity index (χ3n) is 6.02. The van der Waals surface area contributed by atoms with Crippen molar-refractivity contribution in [1.82, 2.24) is 20.0 Å². The molecular formula is C23H34N4O2. The average molecular weight is 399 g/mol. The summed E-state index contributed by atoms with van der Waals surface area (Å²) in [7, 11) is 0. The molecule has 0 bridgehead atoms. The van der Waals surface area contributed by atoms with Gasteiger partial charge in [0.15, 0.2) is 0 Å². The molecule has 2 heterocycles. The number of benzene rings is 1. The maximum Gasteiger partial charge on any atom is 0.405 e. The Morgan fingerprint density at radius 2 is 1.86 bits per heavy atom. The van der Waals surface area contributed by atoms with Crippen molar-refractivity contribution in [2.24, 2.45) is 0 Å². The lowest BCUT2D eigenvalue weighted by Gasteiger charge is -2.38. The summed E-state index contributed by atoms with van der Waals surface area (Å²) < 4.78 is 2.25. The Labute approximate surface area is 173 Å². The van der Waals surface area contributed by atoms with Gasteiger partial charge >= 0.3 is 6.09 Å². The number of hydrogen-bond donors (Lipinski definition) is 2. The Kier molecular flexibility index (Phi) is 6.96. The summed E-state index contributed by atoms with van der Waals surface area (Å²) >= 11 is 0. The van der Waals surface area contributed by atoms with Crippen molar-refractivity contribution in [2.75, 3.05) is 13.1 Å². The molecule has 0 radical (unpaired) electrons. The highest BCUT2D eigenvalue weighted by atomic mass is 16.4. The first-order valence-corrected chi connectivity index (χ1v) is 10.7. The number of nitrogens with zero attached hydrogens (tertiary/aromatic N) is 3. The lowest BCUT2D eigenvalue weighted by Crippen LogP contribution is -2.43. The molecule has 0 aliphatic carbocycles. The molecule has 3 rings (SSSR count).